The summed E-state index contributed by atoms with van der Waals surface area (Å²) >= 11 is 0. The Morgan fingerprint density at radius 3 is 0.873 bits per heavy atom. The van der Waals surface area contributed by atoms with E-state index in [0.29, 0.717) is 23.7 Å². The van der Waals surface area contributed by atoms with Crippen molar-refractivity contribution in [3.63, 3.8) is 0 Å². The van der Waals surface area contributed by atoms with Crippen molar-refractivity contribution in [3.8, 4) is 17.6 Å². The van der Waals surface area contributed by atoms with Gasteiger partial charge in [-0.05, 0) is 260 Å². The summed E-state index contributed by atoms with van der Waals surface area (Å²) in [5.74, 6) is 4.64. The summed E-state index contributed by atoms with van der Waals surface area (Å²) in [4.78, 5) is 79.3. The first-order chi connectivity index (χ1) is 52.7. The largest absolute Gasteiger partial charge is 0.476 e. The highest BCUT2D eigenvalue weighted by Gasteiger charge is 2.52. The lowest BCUT2D eigenvalue weighted by Gasteiger charge is -2.43. The topological polar surface area (TPSA) is 203 Å². The van der Waals surface area contributed by atoms with Crippen LogP contribution in [0.3, 0.4) is 0 Å². The molecule has 4 aliphatic heterocycles. The van der Waals surface area contributed by atoms with E-state index in [1.165, 1.54) is 44.5 Å². The van der Waals surface area contributed by atoms with Gasteiger partial charge in [0.15, 0.2) is 0 Å². The summed E-state index contributed by atoms with van der Waals surface area (Å²) in [6.45, 7) is 26.6. The Morgan fingerprint density at radius 2 is 0.600 bits per heavy atom. The van der Waals surface area contributed by atoms with Crippen molar-refractivity contribution in [3.05, 3.63) is 224 Å². The van der Waals surface area contributed by atoms with Crippen LogP contribution in [0.25, 0.3) is 0 Å². The molecule has 0 unspecified atom stereocenters. The zero-order chi connectivity index (χ0) is 77.8. The molecular weight excluding hydrogens is 1370 g/mol. The van der Waals surface area contributed by atoms with E-state index >= 15 is 0 Å². The van der Waals surface area contributed by atoms with Crippen LogP contribution in [0.5, 0.6) is 17.6 Å². The van der Waals surface area contributed by atoms with Crippen LogP contribution in [0.2, 0.25) is 0 Å². The second-order valence-corrected chi connectivity index (χ2v) is 34.0. The van der Waals surface area contributed by atoms with E-state index in [-0.39, 0.29) is 75.0 Å². The number of hydrogen-bond acceptors (Lipinski definition) is 11. The highest BCUT2D eigenvalue weighted by Crippen LogP contribution is 2.54. The number of benzene rings is 5. The third-order valence-electron chi connectivity index (χ3n) is 26.6. The fourth-order valence-corrected chi connectivity index (χ4v) is 18.8. The maximum atomic E-state index is 12.8. The van der Waals surface area contributed by atoms with Crippen molar-refractivity contribution in [1.29, 1.82) is 0 Å². The van der Waals surface area contributed by atoms with E-state index in [9.17, 15) is 24.0 Å². The maximum absolute atomic E-state index is 12.8. The minimum atomic E-state index is -0.205. The van der Waals surface area contributed by atoms with E-state index < -0.39 is 0 Å². The zero-order valence-electron chi connectivity index (χ0n) is 67.0. The molecule has 4 N–H and O–H groups in total. The summed E-state index contributed by atoms with van der Waals surface area (Å²) in [6, 6.07) is 51.0. The first kappa shape index (κ1) is 78.4. The zero-order valence-corrected chi connectivity index (χ0v) is 67.0. The maximum Gasteiger partial charge on any atom is 0.254 e. The van der Waals surface area contributed by atoms with Gasteiger partial charge in [0.25, 0.3) is 5.91 Å². The van der Waals surface area contributed by atoms with Crippen LogP contribution in [0, 0.1) is 103 Å². The van der Waals surface area contributed by atoms with E-state index in [0.717, 1.165) is 191 Å². The SMILES string of the molecule is Cc1ccc(NC(=O)[C@@H](C)C2CCC3(CC2)COc2nc(C)ccc23)cc1.Cc1ccc(NC(=O)[C@@H](C)C2CCC3(CC2)c2ccc(C)cc2C(=O)N3C)cc1.Cc1ccc(NC(=O)[C@H](C)C2CCC3(CC2)COc2nc(C)ccc23)cc1.Cc1ccc(NC(=O)[C@H](C)C2CCC3(CC2)COc2nc(C)ccc23)cc1. The van der Waals surface area contributed by atoms with Crippen LogP contribution in [0.1, 0.15) is 208 Å². The number of ether oxygens (including phenoxy) is 3. The molecule has 16 rings (SSSR count). The minimum Gasteiger partial charge on any atom is -0.476 e. The molecule has 0 bridgehead atoms. The molecule has 5 amide bonds. The fourth-order valence-electron chi connectivity index (χ4n) is 18.8. The molecule has 7 heterocycles. The Hall–Kier alpha value is -9.70. The third-order valence-corrected chi connectivity index (χ3v) is 26.6. The highest BCUT2D eigenvalue weighted by molar-refractivity contribution is 6.00. The predicted octanol–water partition coefficient (Wildman–Crippen LogP) is 19.4. The Kier molecular flexibility index (Phi) is 23.6. The van der Waals surface area contributed by atoms with Gasteiger partial charge in [-0.15, -0.1) is 0 Å². The van der Waals surface area contributed by atoms with Crippen LogP contribution in [-0.4, -0.2) is 76.3 Å². The molecule has 0 saturated heterocycles. The monoisotopic (exact) mass is 1480 g/mol. The van der Waals surface area contributed by atoms with Crippen molar-refractivity contribution < 1.29 is 38.2 Å². The average molecular weight is 1480 g/mol. The molecule has 578 valence electrons. The van der Waals surface area contributed by atoms with E-state index in [1.807, 2.05) is 177 Å². The molecule has 4 saturated carbocycles. The summed E-state index contributed by atoms with van der Waals surface area (Å²) in [5, 5.41) is 12.3. The molecule has 8 aromatic rings. The van der Waals surface area contributed by atoms with Crippen molar-refractivity contribution in [2.24, 2.45) is 47.3 Å². The number of aromatic nitrogens is 3. The summed E-state index contributed by atoms with van der Waals surface area (Å²) in [5.41, 5.74) is 18.3. The van der Waals surface area contributed by atoms with Crippen LogP contribution in [0.4, 0.5) is 22.7 Å². The van der Waals surface area contributed by atoms with Gasteiger partial charge in [-0.25, -0.2) is 15.0 Å². The van der Waals surface area contributed by atoms with Gasteiger partial charge in [0.1, 0.15) is 0 Å². The highest BCUT2D eigenvalue weighted by atomic mass is 16.5. The van der Waals surface area contributed by atoms with Crippen molar-refractivity contribution in [2.45, 2.75) is 208 Å². The summed E-state index contributed by atoms with van der Waals surface area (Å²) in [6.07, 6.45) is 16.5. The quantitative estimate of drug-likeness (QED) is 0.0906. The molecule has 5 aromatic carbocycles. The van der Waals surface area contributed by atoms with Gasteiger partial charge < -0.3 is 40.4 Å². The molecule has 16 nitrogen and oxygen atoms in total. The van der Waals surface area contributed by atoms with Crippen LogP contribution >= 0.6 is 0 Å². The van der Waals surface area contributed by atoms with Gasteiger partial charge in [0, 0.05) is 109 Å². The number of fused-ring (bicyclic) bond motifs is 8. The molecule has 3 aromatic heterocycles. The molecule has 4 atom stereocenters. The Labute approximate surface area is 651 Å². The first-order valence-corrected chi connectivity index (χ1v) is 40.4. The number of aryl methyl sites for hydroxylation is 8. The van der Waals surface area contributed by atoms with E-state index in [1.54, 1.807) is 0 Å². The van der Waals surface area contributed by atoms with E-state index in [2.05, 4.69) is 106 Å². The molecule has 110 heavy (non-hydrogen) atoms. The number of anilines is 4. The Balaban J connectivity index is 0.000000129. The van der Waals surface area contributed by atoms with Crippen molar-refractivity contribution in [2.75, 3.05) is 48.1 Å². The van der Waals surface area contributed by atoms with Gasteiger partial charge in [-0.1, -0.05) is 134 Å². The van der Waals surface area contributed by atoms with Gasteiger partial charge >= 0.3 is 0 Å². The molecular formula is C94H114N8O8. The van der Waals surface area contributed by atoms with Crippen molar-refractivity contribution in [1.82, 2.24) is 19.9 Å². The normalized spacial score (nSPS) is 24.8. The molecule has 8 aliphatic rings. The molecule has 4 aliphatic carbocycles. The van der Waals surface area contributed by atoms with Crippen molar-refractivity contribution >= 4 is 52.3 Å². The number of nitrogens with one attached hydrogen (secondary N) is 4. The lowest BCUT2D eigenvalue weighted by atomic mass is 9.66. The van der Waals surface area contributed by atoms with Gasteiger partial charge in [0.2, 0.25) is 41.3 Å². The second-order valence-electron chi connectivity index (χ2n) is 34.0. The van der Waals surface area contributed by atoms with E-state index in [4.69, 9.17) is 14.2 Å². The lowest BCUT2D eigenvalue weighted by Crippen LogP contribution is -2.45. The van der Waals surface area contributed by atoms with Gasteiger partial charge in [-0.2, -0.15) is 0 Å². The number of hydrogen-bond donors (Lipinski definition) is 4. The lowest BCUT2D eigenvalue weighted by molar-refractivity contribution is -0.122. The first-order valence-electron chi connectivity index (χ1n) is 40.4. The summed E-state index contributed by atoms with van der Waals surface area (Å²) in [7, 11) is 1.94. The number of amides is 5. The summed E-state index contributed by atoms with van der Waals surface area (Å²) < 4.78 is 17.7. The molecule has 0 radical (unpaired) electrons. The van der Waals surface area contributed by atoms with Gasteiger partial charge in [-0.3, -0.25) is 24.0 Å². The number of pyridine rings is 3. The molecule has 4 spiro atoms. The number of rotatable bonds is 12. The predicted molar refractivity (Wildman–Crippen MR) is 437 cm³/mol. The Bertz CT molecular complexity index is 4280. The number of carbonyl (C=O) groups excluding carboxylic acids is 5. The smallest absolute Gasteiger partial charge is 0.254 e. The Morgan fingerprint density at radius 1 is 0.355 bits per heavy atom. The fraction of sp³-hybridized carbons (Fsp3) is 0.468. The molecule has 4 fully saturated rings. The standard InChI is InChI=1S/C25H30N2O2.3C23H28N2O2/c1-16-5-8-20(9-6-16)26-23(28)18(3)19-11-13-25(14-12-19)22-10-7-17(2)15-21(22)24(29)27(25)4;3*1-15-4-7-19(8-5-15)25-21(26)17(3)18-10-12-23(13-11-18)14-27-22-20(23)9-6-16(2)24-22/h5-10,15,18-19H,11-14H2,1-4H3,(H,26,28);3*4-9,17-18H,10-14H2,1-3H3,(H,25,26)/t18-,19?,25?;3*17-,18?,23?/m0110/s1. The number of carbonyl (C=O) groups is 5. The minimum absolute atomic E-state index is 0.0154. The van der Waals surface area contributed by atoms with Gasteiger partial charge in [0.05, 0.1) is 25.4 Å². The average Bonchev–Trinajstić information content (AvgIpc) is 1.58. The van der Waals surface area contributed by atoms with Crippen LogP contribution in [-0.2, 0) is 41.0 Å². The second kappa shape index (κ2) is 33.1. The van der Waals surface area contributed by atoms with Crippen LogP contribution in [0.15, 0.2) is 152 Å². The number of nitrogens with zero attached hydrogens (tertiary/aromatic N) is 4. The molecule has 16 heteroatoms. The third kappa shape index (κ3) is 17.0. The van der Waals surface area contributed by atoms with Crippen LogP contribution < -0.4 is 35.5 Å².